The summed E-state index contributed by atoms with van der Waals surface area (Å²) in [5.41, 5.74) is 1.51. The lowest BCUT2D eigenvalue weighted by Gasteiger charge is -2.09. The average Bonchev–Trinajstić information content (AvgIpc) is 2.28. The molecule has 0 aliphatic heterocycles. The molecule has 2 aromatic rings. The van der Waals surface area contributed by atoms with Gasteiger partial charge in [-0.3, -0.25) is 0 Å². The smallest absolute Gasteiger partial charge is 0.148 e. The van der Waals surface area contributed by atoms with E-state index in [2.05, 4.69) is 4.98 Å². The van der Waals surface area contributed by atoms with Gasteiger partial charge in [0.15, 0.2) is 0 Å². The van der Waals surface area contributed by atoms with Crippen LogP contribution >= 0.6 is 34.8 Å². The van der Waals surface area contributed by atoms with Crippen molar-refractivity contribution < 1.29 is 4.39 Å². The summed E-state index contributed by atoms with van der Waals surface area (Å²) in [6, 6.07) is 6.21. The molecule has 1 aromatic heterocycles. The Labute approximate surface area is 113 Å². The van der Waals surface area contributed by atoms with Gasteiger partial charge in [-0.05, 0) is 24.6 Å². The van der Waals surface area contributed by atoms with Gasteiger partial charge in [-0.2, -0.15) is 0 Å². The van der Waals surface area contributed by atoms with Crippen LogP contribution in [0.3, 0.4) is 0 Å². The van der Waals surface area contributed by atoms with E-state index in [0.717, 1.165) is 0 Å². The van der Waals surface area contributed by atoms with Crippen LogP contribution < -0.4 is 0 Å². The topological polar surface area (TPSA) is 12.9 Å². The van der Waals surface area contributed by atoms with Crippen molar-refractivity contribution in [2.45, 2.75) is 6.92 Å². The number of benzene rings is 1. The second-order valence-electron chi connectivity index (χ2n) is 3.50. The lowest BCUT2D eigenvalue weighted by atomic mass is 10.0. The van der Waals surface area contributed by atoms with E-state index in [4.69, 9.17) is 34.8 Å². The summed E-state index contributed by atoms with van der Waals surface area (Å²) in [4.78, 5) is 4.08. The molecule has 2 rings (SSSR count). The summed E-state index contributed by atoms with van der Waals surface area (Å²) < 4.78 is 13.4. The second kappa shape index (κ2) is 4.81. The molecule has 1 nitrogen and oxygen atoms in total. The standard InChI is InChI=1S/C12H7Cl3FN/c1-6-7(3-2-4-10(6)16)11-8(13)5-9(14)12(15)17-11/h2-5H,1H3. The van der Waals surface area contributed by atoms with Gasteiger partial charge in [-0.25, -0.2) is 9.37 Å². The number of pyridine rings is 1. The molecular weight excluding hydrogens is 283 g/mol. The third-order valence-electron chi connectivity index (χ3n) is 2.41. The Hall–Kier alpha value is -0.830. The molecule has 0 unspecified atom stereocenters. The molecule has 0 N–H and O–H groups in total. The minimum atomic E-state index is -0.313. The lowest BCUT2D eigenvalue weighted by Crippen LogP contribution is -1.92. The molecule has 0 aliphatic rings. The van der Waals surface area contributed by atoms with Crippen LogP contribution in [0.2, 0.25) is 15.2 Å². The first-order valence-corrected chi connectivity index (χ1v) is 5.91. The van der Waals surface area contributed by atoms with E-state index in [1.807, 2.05) is 0 Å². The third-order valence-corrected chi connectivity index (χ3v) is 3.37. The molecule has 0 atom stereocenters. The number of halogens is 4. The van der Waals surface area contributed by atoms with Gasteiger partial charge >= 0.3 is 0 Å². The quantitative estimate of drug-likeness (QED) is 0.661. The molecule has 0 radical (unpaired) electrons. The van der Waals surface area contributed by atoms with Gasteiger partial charge in [-0.15, -0.1) is 0 Å². The first-order chi connectivity index (χ1) is 8.00. The zero-order chi connectivity index (χ0) is 12.6. The lowest BCUT2D eigenvalue weighted by molar-refractivity contribution is 0.619. The molecule has 0 aliphatic carbocycles. The maximum atomic E-state index is 13.4. The van der Waals surface area contributed by atoms with Crippen LogP contribution in [-0.2, 0) is 0 Å². The van der Waals surface area contributed by atoms with Crippen molar-refractivity contribution in [3.8, 4) is 11.3 Å². The van der Waals surface area contributed by atoms with Crippen LogP contribution in [0.4, 0.5) is 4.39 Å². The van der Waals surface area contributed by atoms with E-state index >= 15 is 0 Å². The Morgan fingerprint density at radius 3 is 2.53 bits per heavy atom. The molecule has 0 amide bonds. The number of rotatable bonds is 1. The Morgan fingerprint density at radius 2 is 1.82 bits per heavy atom. The Morgan fingerprint density at radius 1 is 1.12 bits per heavy atom. The van der Waals surface area contributed by atoms with Crippen LogP contribution in [0.5, 0.6) is 0 Å². The maximum absolute atomic E-state index is 13.4. The Kier molecular flexibility index (Phi) is 3.57. The van der Waals surface area contributed by atoms with Crippen molar-refractivity contribution in [3.05, 3.63) is 50.8 Å². The predicted octanol–water partition coefficient (Wildman–Crippen LogP) is 5.16. The zero-order valence-electron chi connectivity index (χ0n) is 8.77. The highest BCUT2D eigenvalue weighted by Crippen LogP contribution is 2.34. The molecular formula is C12H7Cl3FN. The van der Waals surface area contributed by atoms with Crippen molar-refractivity contribution in [2.75, 3.05) is 0 Å². The normalized spacial score (nSPS) is 10.6. The molecule has 1 heterocycles. The van der Waals surface area contributed by atoms with Crippen LogP contribution in [0.25, 0.3) is 11.3 Å². The van der Waals surface area contributed by atoms with Crippen molar-refractivity contribution in [1.82, 2.24) is 4.98 Å². The highest BCUT2D eigenvalue weighted by atomic mass is 35.5. The van der Waals surface area contributed by atoms with Crippen molar-refractivity contribution in [3.63, 3.8) is 0 Å². The Bertz CT molecular complexity index is 584. The number of hydrogen-bond donors (Lipinski definition) is 0. The van der Waals surface area contributed by atoms with Crippen LogP contribution in [0.15, 0.2) is 24.3 Å². The van der Waals surface area contributed by atoms with Gasteiger partial charge in [0, 0.05) is 5.56 Å². The van der Waals surface area contributed by atoms with Crippen LogP contribution in [0.1, 0.15) is 5.56 Å². The van der Waals surface area contributed by atoms with E-state index < -0.39 is 0 Å². The highest BCUT2D eigenvalue weighted by Gasteiger charge is 2.13. The average molecular weight is 291 g/mol. The first-order valence-electron chi connectivity index (χ1n) is 4.77. The van der Waals surface area contributed by atoms with Crippen molar-refractivity contribution in [2.24, 2.45) is 0 Å². The molecule has 1 aromatic carbocycles. The minimum Gasteiger partial charge on any atom is -0.233 e. The van der Waals surface area contributed by atoms with Crippen molar-refractivity contribution in [1.29, 1.82) is 0 Å². The zero-order valence-corrected chi connectivity index (χ0v) is 11.0. The third kappa shape index (κ3) is 2.39. The van der Waals surface area contributed by atoms with Crippen LogP contribution in [0, 0.1) is 12.7 Å². The summed E-state index contributed by atoms with van der Waals surface area (Å²) >= 11 is 17.7. The fourth-order valence-corrected chi connectivity index (χ4v) is 2.10. The second-order valence-corrected chi connectivity index (χ2v) is 4.68. The van der Waals surface area contributed by atoms with Gasteiger partial charge < -0.3 is 0 Å². The number of aromatic nitrogens is 1. The SMILES string of the molecule is Cc1c(F)cccc1-c1nc(Cl)c(Cl)cc1Cl. The predicted molar refractivity (Wildman–Crippen MR) is 69.4 cm³/mol. The summed E-state index contributed by atoms with van der Waals surface area (Å²) in [7, 11) is 0. The fourth-order valence-electron chi connectivity index (χ4n) is 1.50. The van der Waals surface area contributed by atoms with E-state index in [0.29, 0.717) is 21.8 Å². The molecule has 0 saturated carbocycles. The largest absolute Gasteiger partial charge is 0.233 e. The van der Waals surface area contributed by atoms with Gasteiger partial charge in [0.1, 0.15) is 11.0 Å². The maximum Gasteiger partial charge on any atom is 0.148 e. The highest BCUT2D eigenvalue weighted by molar-refractivity contribution is 6.43. The molecule has 88 valence electrons. The molecule has 17 heavy (non-hydrogen) atoms. The van der Waals surface area contributed by atoms with E-state index in [1.54, 1.807) is 19.1 Å². The van der Waals surface area contributed by atoms with Gasteiger partial charge in [-0.1, -0.05) is 46.9 Å². The van der Waals surface area contributed by atoms with Crippen molar-refractivity contribution >= 4 is 34.8 Å². The number of hydrogen-bond acceptors (Lipinski definition) is 1. The minimum absolute atomic E-state index is 0.148. The monoisotopic (exact) mass is 289 g/mol. The molecule has 0 fully saturated rings. The van der Waals surface area contributed by atoms with Gasteiger partial charge in [0.2, 0.25) is 0 Å². The number of nitrogens with zero attached hydrogens (tertiary/aromatic N) is 1. The van der Waals surface area contributed by atoms with E-state index in [1.165, 1.54) is 12.1 Å². The Balaban J connectivity index is 2.69. The van der Waals surface area contributed by atoms with Gasteiger partial charge in [0.25, 0.3) is 0 Å². The molecule has 5 heteroatoms. The van der Waals surface area contributed by atoms with Gasteiger partial charge in [0.05, 0.1) is 15.7 Å². The fraction of sp³-hybridized carbons (Fsp3) is 0.0833. The first kappa shape index (κ1) is 12.6. The summed E-state index contributed by atoms with van der Waals surface area (Å²) in [6.45, 7) is 1.66. The molecule has 0 saturated heterocycles. The van der Waals surface area contributed by atoms with E-state index in [-0.39, 0.29) is 16.0 Å². The molecule has 0 spiro atoms. The van der Waals surface area contributed by atoms with E-state index in [9.17, 15) is 4.39 Å². The summed E-state index contributed by atoms with van der Waals surface area (Å²) in [5, 5.41) is 0.761. The molecule has 0 bridgehead atoms. The van der Waals surface area contributed by atoms with Crippen LogP contribution in [-0.4, -0.2) is 4.98 Å². The summed E-state index contributed by atoms with van der Waals surface area (Å²) in [6.07, 6.45) is 0. The summed E-state index contributed by atoms with van der Waals surface area (Å²) in [5.74, 6) is -0.313.